The third-order valence-corrected chi connectivity index (χ3v) is 2.62. The van der Waals surface area contributed by atoms with Crippen molar-refractivity contribution in [2.45, 2.75) is 12.8 Å². The van der Waals surface area contributed by atoms with E-state index >= 15 is 0 Å². The van der Waals surface area contributed by atoms with Gasteiger partial charge in [-0.25, -0.2) is 4.79 Å². The van der Waals surface area contributed by atoms with E-state index in [4.69, 9.17) is 5.11 Å². The van der Waals surface area contributed by atoms with Crippen molar-refractivity contribution < 1.29 is 9.90 Å². The normalized spacial score (nSPS) is 10.1. The highest BCUT2D eigenvalue weighted by Gasteiger charge is 2.08. The minimum atomic E-state index is -0.873. The Morgan fingerprint density at radius 3 is 2.53 bits per heavy atom. The number of aryl methyl sites for hydroxylation is 2. The smallest absolute Gasteiger partial charge is 0.335 e. The summed E-state index contributed by atoms with van der Waals surface area (Å²) < 4.78 is 0. The second kappa shape index (κ2) is 5.25. The zero-order chi connectivity index (χ0) is 12.1. The number of benzene rings is 1. The molecule has 3 nitrogen and oxygen atoms in total. The summed E-state index contributed by atoms with van der Waals surface area (Å²) in [6.07, 6.45) is 3.20. The van der Waals surface area contributed by atoms with Crippen molar-refractivity contribution >= 4 is 5.97 Å². The molecule has 0 aliphatic heterocycles. The van der Waals surface area contributed by atoms with Crippen molar-refractivity contribution in [3.63, 3.8) is 0 Å². The maximum Gasteiger partial charge on any atom is 0.335 e. The number of carboxylic acid groups (broad SMARTS) is 1. The lowest BCUT2D eigenvalue weighted by atomic mass is 10.0. The third-order valence-electron chi connectivity index (χ3n) is 2.62. The van der Waals surface area contributed by atoms with E-state index in [1.165, 1.54) is 0 Å². The Morgan fingerprint density at radius 2 is 1.82 bits per heavy atom. The molecule has 0 fully saturated rings. The second-order valence-electron chi connectivity index (χ2n) is 3.78. The van der Waals surface area contributed by atoms with E-state index in [1.54, 1.807) is 18.3 Å². The average Bonchev–Trinajstić information content (AvgIpc) is 2.38. The maximum atomic E-state index is 11.0. The van der Waals surface area contributed by atoms with Crippen LogP contribution in [0.15, 0.2) is 48.7 Å². The summed E-state index contributed by atoms with van der Waals surface area (Å²) in [6, 6.07) is 12.8. The van der Waals surface area contributed by atoms with Gasteiger partial charge < -0.3 is 5.11 Å². The summed E-state index contributed by atoms with van der Waals surface area (Å²) in [5.74, 6) is -0.873. The van der Waals surface area contributed by atoms with E-state index < -0.39 is 5.97 Å². The fourth-order valence-electron chi connectivity index (χ4n) is 1.76. The quantitative estimate of drug-likeness (QED) is 0.873. The van der Waals surface area contributed by atoms with Crippen molar-refractivity contribution in [2.75, 3.05) is 0 Å². The van der Waals surface area contributed by atoms with Gasteiger partial charge in [0.2, 0.25) is 0 Å². The first kappa shape index (κ1) is 11.3. The number of pyridine rings is 1. The largest absolute Gasteiger partial charge is 0.478 e. The van der Waals surface area contributed by atoms with Gasteiger partial charge in [0.25, 0.3) is 0 Å². The van der Waals surface area contributed by atoms with Crippen LogP contribution in [0.3, 0.4) is 0 Å². The van der Waals surface area contributed by atoms with Crippen LogP contribution in [-0.4, -0.2) is 16.1 Å². The van der Waals surface area contributed by atoms with E-state index in [0.29, 0.717) is 12.0 Å². The topological polar surface area (TPSA) is 50.2 Å². The van der Waals surface area contributed by atoms with Gasteiger partial charge in [-0.05, 0) is 36.6 Å². The summed E-state index contributed by atoms with van der Waals surface area (Å²) in [5, 5.41) is 9.05. The van der Waals surface area contributed by atoms with E-state index in [2.05, 4.69) is 4.98 Å². The minimum absolute atomic E-state index is 0.378. The predicted octanol–water partition coefficient (Wildman–Crippen LogP) is 2.57. The molecule has 0 atom stereocenters. The van der Waals surface area contributed by atoms with Gasteiger partial charge in [0.05, 0.1) is 5.56 Å². The maximum absolute atomic E-state index is 11.0. The van der Waals surface area contributed by atoms with Crippen molar-refractivity contribution in [1.29, 1.82) is 0 Å². The second-order valence-corrected chi connectivity index (χ2v) is 3.78. The first-order valence-corrected chi connectivity index (χ1v) is 5.48. The Bertz CT molecular complexity index is 509. The molecule has 2 rings (SSSR count). The molecule has 1 N–H and O–H groups in total. The first-order chi connectivity index (χ1) is 8.27. The zero-order valence-electron chi connectivity index (χ0n) is 9.34. The Kier molecular flexibility index (Phi) is 3.50. The van der Waals surface area contributed by atoms with Gasteiger partial charge in [0, 0.05) is 11.9 Å². The lowest BCUT2D eigenvalue weighted by Crippen LogP contribution is -2.03. The number of hydrogen-bond acceptors (Lipinski definition) is 2. The molecular weight excluding hydrogens is 214 g/mol. The summed E-state index contributed by atoms with van der Waals surface area (Å²) in [4.78, 5) is 15.2. The first-order valence-electron chi connectivity index (χ1n) is 5.48. The molecule has 3 heteroatoms. The van der Waals surface area contributed by atoms with E-state index in [0.717, 1.165) is 17.7 Å². The van der Waals surface area contributed by atoms with Crippen molar-refractivity contribution in [1.82, 2.24) is 4.98 Å². The van der Waals surface area contributed by atoms with Crippen molar-refractivity contribution in [2.24, 2.45) is 0 Å². The Hall–Kier alpha value is -2.16. The molecule has 0 radical (unpaired) electrons. The molecule has 2 aromatic rings. The lowest BCUT2D eigenvalue weighted by Gasteiger charge is -2.05. The predicted molar refractivity (Wildman–Crippen MR) is 65.0 cm³/mol. The van der Waals surface area contributed by atoms with Crippen LogP contribution in [0.5, 0.6) is 0 Å². The van der Waals surface area contributed by atoms with Crippen LogP contribution in [0, 0.1) is 0 Å². The molecule has 0 unspecified atom stereocenters. The van der Waals surface area contributed by atoms with Crippen molar-refractivity contribution in [3.8, 4) is 0 Å². The number of carboxylic acids is 1. The molecule has 0 aliphatic carbocycles. The van der Waals surface area contributed by atoms with Crippen LogP contribution >= 0.6 is 0 Å². The van der Waals surface area contributed by atoms with Crippen molar-refractivity contribution in [3.05, 3.63) is 65.5 Å². The zero-order valence-corrected chi connectivity index (χ0v) is 9.34. The summed E-state index contributed by atoms with van der Waals surface area (Å²) in [6.45, 7) is 0. The number of aromatic nitrogens is 1. The standard InChI is InChI=1S/C14H13NO2/c16-14(17)13-7-2-1-5-11(13)8-9-12-6-3-4-10-15-12/h1-7,10H,8-9H2,(H,16,17). The molecule has 1 aromatic heterocycles. The van der Waals surface area contributed by atoms with Gasteiger partial charge in [-0.2, -0.15) is 0 Å². The van der Waals surface area contributed by atoms with E-state index in [1.807, 2.05) is 30.3 Å². The number of carbonyl (C=O) groups is 1. The van der Waals surface area contributed by atoms with Gasteiger partial charge in [0.1, 0.15) is 0 Å². The summed E-state index contributed by atoms with van der Waals surface area (Å²) >= 11 is 0. The molecule has 0 saturated carbocycles. The van der Waals surface area contributed by atoms with Gasteiger partial charge in [-0.15, -0.1) is 0 Å². The molecule has 86 valence electrons. The molecule has 0 saturated heterocycles. The number of aromatic carboxylic acids is 1. The van der Waals surface area contributed by atoms with Crippen LogP contribution in [0.1, 0.15) is 21.6 Å². The molecule has 1 heterocycles. The number of nitrogens with zero attached hydrogens (tertiary/aromatic N) is 1. The van der Waals surface area contributed by atoms with E-state index in [-0.39, 0.29) is 0 Å². The molecule has 0 amide bonds. The Balaban J connectivity index is 2.12. The summed E-state index contributed by atoms with van der Waals surface area (Å²) in [5.41, 5.74) is 2.21. The highest BCUT2D eigenvalue weighted by atomic mass is 16.4. The monoisotopic (exact) mass is 227 g/mol. The third kappa shape index (κ3) is 2.91. The summed E-state index contributed by atoms with van der Waals surface area (Å²) in [7, 11) is 0. The molecule has 0 spiro atoms. The van der Waals surface area contributed by atoms with Crippen LogP contribution in [0.4, 0.5) is 0 Å². The lowest BCUT2D eigenvalue weighted by molar-refractivity contribution is 0.0695. The number of hydrogen-bond donors (Lipinski definition) is 1. The highest BCUT2D eigenvalue weighted by molar-refractivity contribution is 5.89. The van der Waals surface area contributed by atoms with Crippen LogP contribution < -0.4 is 0 Å². The minimum Gasteiger partial charge on any atom is -0.478 e. The van der Waals surface area contributed by atoms with Crippen LogP contribution in [-0.2, 0) is 12.8 Å². The highest BCUT2D eigenvalue weighted by Crippen LogP contribution is 2.11. The van der Waals surface area contributed by atoms with Gasteiger partial charge in [0.15, 0.2) is 0 Å². The van der Waals surface area contributed by atoms with Crippen LogP contribution in [0.2, 0.25) is 0 Å². The Labute approximate surface area is 99.8 Å². The molecule has 0 aliphatic rings. The fourth-order valence-corrected chi connectivity index (χ4v) is 1.76. The van der Waals surface area contributed by atoms with Crippen LogP contribution in [0.25, 0.3) is 0 Å². The Morgan fingerprint density at radius 1 is 1.06 bits per heavy atom. The van der Waals surface area contributed by atoms with E-state index in [9.17, 15) is 4.79 Å². The number of rotatable bonds is 4. The van der Waals surface area contributed by atoms with Gasteiger partial charge in [-0.1, -0.05) is 24.3 Å². The molecular formula is C14H13NO2. The molecule has 0 bridgehead atoms. The van der Waals surface area contributed by atoms with Gasteiger partial charge >= 0.3 is 5.97 Å². The molecule has 1 aromatic carbocycles. The fraction of sp³-hybridized carbons (Fsp3) is 0.143. The molecule has 17 heavy (non-hydrogen) atoms. The average molecular weight is 227 g/mol. The SMILES string of the molecule is O=C(O)c1ccccc1CCc1ccccn1. The van der Waals surface area contributed by atoms with Gasteiger partial charge in [-0.3, -0.25) is 4.98 Å².